The van der Waals surface area contributed by atoms with Crippen molar-refractivity contribution in [2.45, 2.75) is 0 Å². The number of nitrogens with two attached hydrogens (primary N) is 1. The Balaban J connectivity index is 2.23. The van der Waals surface area contributed by atoms with Gasteiger partial charge in [0, 0.05) is 11.3 Å². The highest BCUT2D eigenvalue weighted by Gasteiger charge is 2.25. The topological polar surface area (TPSA) is 96.4 Å². The van der Waals surface area contributed by atoms with Crippen molar-refractivity contribution in [3.8, 4) is 22.6 Å². The van der Waals surface area contributed by atoms with Crippen molar-refractivity contribution < 1.29 is 14.6 Å². The number of methoxy groups -OCH3 is 1. The fraction of sp³-hybridized carbons (Fsp3) is 0.0588. The summed E-state index contributed by atoms with van der Waals surface area (Å²) in [6.07, 6.45) is 2.65. The number of ketones is 1. The van der Waals surface area contributed by atoms with Crippen LogP contribution in [0.1, 0.15) is 15.9 Å². The molecule has 0 fully saturated rings. The monoisotopic (exact) mass is 294 g/mol. The van der Waals surface area contributed by atoms with Crippen LogP contribution in [0.25, 0.3) is 11.1 Å². The molecule has 1 aliphatic rings. The molecule has 5 heteroatoms. The average Bonchev–Trinajstić information content (AvgIpc) is 2.53. The molecule has 2 aromatic rings. The number of hydrogen-bond donors (Lipinski definition) is 3. The van der Waals surface area contributed by atoms with Crippen LogP contribution in [0.4, 0.5) is 5.69 Å². The molecule has 0 radical (unpaired) electrons. The largest absolute Gasteiger partial charge is 0.507 e. The number of fused-ring (bicyclic) bond motifs is 1. The first-order chi connectivity index (χ1) is 10.5. The van der Waals surface area contributed by atoms with Gasteiger partial charge in [0.2, 0.25) is 0 Å². The normalized spacial score (nSPS) is 13.1. The number of anilines is 1. The summed E-state index contributed by atoms with van der Waals surface area (Å²) >= 11 is 0. The Kier molecular flexibility index (Phi) is 3.18. The van der Waals surface area contributed by atoms with Crippen molar-refractivity contribution in [1.82, 2.24) is 0 Å². The first kappa shape index (κ1) is 13.9. The van der Waals surface area contributed by atoms with E-state index in [-0.39, 0.29) is 34.1 Å². The van der Waals surface area contributed by atoms with E-state index in [1.54, 1.807) is 37.4 Å². The first-order valence-corrected chi connectivity index (χ1v) is 6.64. The zero-order valence-electron chi connectivity index (χ0n) is 11.9. The van der Waals surface area contributed by atoms with Gasteiger partial charge in [-0.2, -0.15) is 0 Å². The zero-order valence-corrected chi connectivity index (χ0v) is 11.9. The third kappa shape index (κ3) is 2.03. The molecule has 0 atom stereocenters. The lowest BCUT2D eigenvalue weighted by molar-refractivity contribution is 0.104. The van der Waals surface area contributed by atoms with E-state index in [1.807, 2.05) is 0 Å². The molecular weight excluding hydrogens is 280 g/mol. The maximum absolute atomic E-state index is 11.9. The van der Waals surface area contributed by atoms with Crippen molar-refractivity contribution >= 4 is 17.2 Å². The molecule has 3 rings (SSSR count). The highest BCUT2D eigenvalue weighted by atomic mass is 16.5. The molecule has 0 amide bonds. The molecule has 0 aliphatic heterocycles. The van der Waals surface area contributed by atoms with Gasteiger partial charge < -0.3 is 21.0 Å². The lowest BCUT2D eigenvalue weighted by atomic mass is 9.88. The third-order valence-corrected chi connectivity index (χ3v) is 3.65. The van der Waals surface area contributed by atoms with E-state index in [0.717, 1.165) is 5.56 Å². The minimum absolute atomic E-state index is 0.0640. The summed E-state index contributed by atoms with van der Waals surface area (Å²) in [5.74, 6) is 0.275. The van der Waals surface area contributed by atoms with Gasteiger partial charge in [-0.1, -0.05) is 12.1 Å². The number of ether oxygens (including phenoxy) is 1. The summed E-state index contributed by atoms with van der Waals surface area (Å²) in [6, 6.07) is 8.65. The van der Waals surface area contributed by atoms with Crippen LogP contribution < -0.4 is 10.5 Å². The Bertz CT molecular complexity index is 821. The first-order valence-electron chi connectivity index (χ1n) is 6.64. The molecule has 0 saturated heterocycles. The minimum Gasteiger partial charge on any atom is -0.507 e. The van der Waals surface area contributed by atoms with Crippen LogP contribution >= 0.6 is 0 Å². The molecule has 0 aromatic heterocycles. The van der Waals surface area contributed by atoms with E-state index >= 15 is 0 Å². The molecule has 0 bridgehead atoms. The van der Waals surface area contributed by atoms with Crippen molar-refractivity contribution in [3.05, 3.63) is 53.6 Å². The Labute approximate surface area is 127 Å². The van der Waals surface area contributed by atoms with Crippen LogP contribution in [0.5, 0.6) is 11.5 Å². The van der Waals surface area contributed by atoms with Gasteiger partial charge in [0.05, 0.1) is 23.9 Å². The van der Waals surface area contributed by atoms with Gasteiger partial charge in [-0.25, -0.2) is 0 Å². The van der Waals surface area contributed by atoms with Crippen LogP contribution in [0.15, 0.2) is 42.5 Å². The van der Waals surface area contributed by atoms with E-state index in [9.17, 15) is 9.90 Å². The van der Waals surface area contributed by atoms with Crippen molar-refractivity contribution in [2.75, 3.05) is 12.8 Å². The number of carbonyl (C=O) groups is 1. The number of nitrogen functional groups attached to an aromatic ring is 1. The number of hydrogen-bond acceptors (Lipinski definition) is 5. The van der Waals surface area contributed by atoms with Gasteiger partial charge in [0.25, 0.3) is 0 Å². The third-order valence-electron chi connectivity index (χ3n) is 3.65. The number of phenolic OH excluding ortho intramolecular Hbond substituents is 1. The van der Waals surface area contributed by atoms with E-state index in [0.29, 0.717) is 11.3 Å². The van der Waals surface area contributed by atoms with Crippen molar-refractivity contribution in [2.24, 2.45) is 0 Å². The number of allylic oxidation sites excluding steroid dienone is 2. The van der Waals surface area contributed by atoms with Gasteiger partial charge in [0.1, 0.15) is 11.5 Å². The van der Waals surface area contributed by atoms with Gasteiger partial charge >= 0.3 is 0 Å². The van der Waals surface area contributed by atoms with Gasteiger partial charge in [-0.05, 0) is 35.9 Å². The second-order valence-corrected chi connectivity index (χ2v) is 4.95. The molecule has 110 valence electrons. The van der Waals surface area contributed by atoms with Crippen LogP contribution in [-0.2, 0) is 0 Å². The Hall–Kier alpha value is -3.08. The molecule has 2 aromatic carbocycles. The van der Waals surface area contributed by atoms with E-state index in [1.165, 1.54) is 12.2 Å². The highest BCUT2D eigenvalue weighted by molar-refractivity contribution is 6.26. The van der Waals surface area contributed by atoms with Gasteiger partial charge in [-0.15, -0.1) is 0 Å². The lowest BCUT2D eigenvalue weighted by Gasteiger charge is -2.18. The number of phenols is 1. The van der Waals surface area contributed by atoms with E-state index in [2.05, 4.69) is 0 Å². The van der Waals surface area contributed by atoms with E-state index < -0.39 is 0 Å². The number of aromatic hydroxyl groups is 1. The second-order valence-electron chi connectivity index (χ2n) is 4.95. The number of nitrogens with one attached hydrogen (secondary N) is 1. The summed E-state index contributed by atoms with van der Waals surface area (Å²) in [4.78, 5) is 11.9. The molecule has 22 heavy (non-hydrogen) atoms. The van der Waals surface area contributed by atoms with Crippen molar-refractivity contribution in [3.63, 3.8) is 0 Å². The minimum atomic E-state index is -0.305. The fourth-order valence-electron chi connectivity index (χ4n) is 2.54. The average molecular weight is 294 g/mol. The summed E-state index contributed by atoms with van der Waals surface area (Å²) in [7, 11) is 1.57. The predicted molar refractivity (Wildman–Crippen MR) is 84.8 cm³/mol. The smallest absolute Gasteiger partial charge is 0.188 e. The molecule has 0 unspecified atom stereocenters. The lowest BCUT2D eigenvalue weighted by Crippen LogP contribution is -2.15. The van der Waals surface area contributed by atoms with Gasteiger partial charge in [0.15, 0.2) is 5.78 Å². The molecule has 0 saturated carbocycles. The Morgan fingerprint density at radius 2 is 1.82 bits per heavy atom. The van der Waals surface area contributed by atoms with E-state index in [4.69, 9.17) is 15.9 Å². The molecule has 5 nitrogen and oxygen atoms in total. The van der Waals surface area contributed by atoms with Crippen LogP contribution in [0.3, 0.4) is 0 Å². The quantitative estimate of drug-likeness (QED) is 0.586. The Morgan fingerprint density at radius 1 is 1.14 bits per heavy atom. The maximum Gasteiger partial charge on any atom is 0.188 e. The second kappa shape index (κ2) is 5.04. The summed E-state index contributed by atoms with van der Waals surface area (Å²) in [6.45, 7) is 0. The molecule has 4 N–H and O–H groups in total. The van der Waals surface area contributed by atoms with Crippen LogP contribution in [-0.4, -0.2) is 23.7 Å². The van der Waals surface area contributed by atoms with Crippen LogP contribution in [0, 0.1) is 5.41 Å². The zero-order chi connectivity index (χ0) is 15.9. The predicted octanol–water partition coefficient (Wildman–Crippen LogP) is 2.77. The van der Waals surface area contributed by atoms with Crippen molar-refractivity contribution in [1.29, 1.82) is 5.41 Å². The number of benzene rings is 2. The summed E-state index contributed by atoms with van der Waals surface area (Å²) < 4.78 is 5.11. The standard InChI is InChI=1S/C17H14N2O3/c1-22-10-4-2-9(3-5-10)11-8-13(19)15-14(20)7-6-12(18)16(15)17(11)21/h2-8,18,21H,19H2,1H3. The Morgan fingerprint density at radius 3 is 2.45 bits per heavy atom. The molecule has 1 aliphatic carbocycles. The highest BCUT2D eigenvalue weighted by Crippen LogP contribution is 2.39. The summed E-state index contributed by atoms with van der Waals surface area (Å²) in [5.41, 5.74) is 7.85. The maximum atomic E-state index is 11.9. The van der Waals surface area contributed by atoms with Gasteiger partial charge in [-0.3, -0.25) is 4.79 Å². The molecule has 0 spiro atoms. The fourth-order valence-corrected chi connectivity index (χ4v) is 2.54. The SMILES string of the molecule is COc1ccc(-c2cc(N)c3c(c2O)C(=N)C=CC3=O)cc1. The molecular formula is C17H14N2O3. The number of carbonyl (C=O) groups excluding carboxylic acids is 1. The van der Waals surface area contributed by atoms with Crippen LogP contribution in [0.2, 0.25) is 0 Å². The number of rotatable bonds is 2. The molecule has 0 heterocycles. The summed E-state index contributed by atoms with van der Waals surface area (Å²) in [5, 5.41) is 18.5.